The van der Waals surface area contributed by atoms with Gasteiger partial charge in [0.1, 0.15) is 6.61 Å². The van der Waals surface area contributed by atoms with Crippen LogP contribution in [0.4, 0.5) is 8.78 Å². The number of nitrogens with one attached hydrogen (secondary N) is 2. The van der Waals surface area contributed by atoms with E-state index in [9.17, 15) is 13.6 Å². The SMILES string of the molecule is CC1(C(=O)NCc2cc3cc(F)c(OCc4cccc(F)n4)cc3[nH]2)CC1. The van der Waals surface area contributed by atoms with Gasteiger partial charge >= 0.3 is 0 Å². The number of ether oxygens (including phenoxy) is 1. The van der Waals surface area contributed by atoms with Gasteiger partial charge in [-0.15, -0.1) is 0 Å². The van der Waals surface area contributed by atoms with Crippen molar-refractivity contribution in [2.24, 2.45) is 5.41 Å². The number of hydrogen-bond donors (Lipinski definition) is 2. The molecule has 1 amide bonds. The first-order chi connectivity index (χ1) is 12.9. The fourth-order valence-corrected chi connectivity index (χ4v) is 2.88. The van der Waals surface area contributed by atoms with E-state index < -0.39 is 11.8 Å². The maximum Gasteiger partial charge on any atom is 0.226 e. The van der Waals surface area contributed by atoms with Gasteiger partial charge in [0.05, 0.1) is 12.2 Å². The second-order valence-electron chi connectivity index (χ2n) is 7.15. The van der Waals surface area contributed by atoms with Gasteiger partial charge in [0.25, 0.3) is 0 Å². The van der Waals surface area contributed by atoms with Crippen LogP contribution in [0.1, 0.15) is 31.2 Å². The van der Waals surface area contributed by atoms with Crippen LogP contribution in [0, 0.1) is 17.2 Å². The number of benzene rings is 1. The maximum atomic E-state index is 14.3. The Labute approximate surface area is 154 Å². The van der Waals surface area contributed by atoms with Crippen molar-refractivity contribution < 1.29 is 18.3 Å². The molecule has 0 bridgehead atoms. The minimum absolute atomic E-state index is 0.0393. The lowest BCUT2D eigenvalue weighted by atomic mass is 10.1. The van der Waals surface area contributed by atoms with Gasteiger partial charge in [-0.05, 0) is 37.1 Å². The molecule has 0 aliphatic heterocycles. The molecule has 7 heteroatoms. The van der Waals surface area contributed by atoms with Gasteiger partial charge in [0, 0.05) is 28.1 Å². The lowest BCUT2D eigenvalue weighted by molar-refractivity contribution is -0.125. The van der Waals surface area contributed by atoms with Crippen LogP contribution in [0.25, 0.3) is 10.9 Å². The summed E-state index contributed by atoms with van der Waals surface area (Å²) in [6.45, 7) is 2.26. The molecular weight excluding hydrogens is 352 g/mol. The van der Waals surface area contributed by atoms with Gasteiger partial charge in [-0.25, -0.2) is 9.37 Å². The molecule has 0 radical (unpaired) electrons. The predicted molar refractivity (Wildman–Crippen MR) is 96.0 cm³/mol. The summed E-state index contributed by atoms with van der Waals surface area (Å²) < 4.78 is 32.9. The second-order valence-corrected chi connectivity index (χ2v) is 7.15. The van der Waals surface area contributed by atoms with E-state index in [1.807, 2.05) is 6.92 Å². The number of pyridine rings is 1. The van der Waals surface area contributed by atoms with Crippen molar-refractivity contribution in [3.63, 3.8) is 0 Å². The monoisotopic (exact) mass is 371 g/mol. The summed E-state index contributed by atoms with van der Waals surface area (Å²) in [6, 6.07) is 9.08. The Morgan fingerprint density at radius 2 is 2.11 bits per heavy atom. The van der Waals surface area contributed by atoms with Crippen LogP contribution in [0.15, 0.2) is 36.4 Å². The summed E-state index contributed by atoms with van der Waals surface area (Å²) in [6.07, 6.45) is 1.83. The molecule has 1 aromatic carbocycles. The van der Waals surface area contributed by atoms with Crippen LogP contribution in [-0.4, -0.2) is 15.9 Å². The zero-order valence-corrected chi connectivity index (χ0v) is 14.8. The highest BCUT2D eigenvalue weighted by Crippen LogP contribution is 2.45. The molecular formula is C20H19F2N3O2. The van der Waals surface area contributed by atoms with Crippen molar-refractivity contribution >= 4 is 16.8 Å². The van der Waals surface area contributed by atoms with E-state index in [0.29, 0.717) is 23.1 Å². The lowest BCUT2D eigenvalue weighted by Gasteiger charge is -2.08. The first kappa shape index (κ1) is 17.5. The summed E-state index contributed by atoms with van der Waals surface area (Å²) in [5.41, 5.74) is 1.62. The smallest absolute Gasteiger partial charge is 0.226 e. The Morgan fingerprint density at radius 3 is 2.85 bits per heavy atom. The molecule has 0 saturated heterocycles. The standard InChI is InChI=1S/C20H19F2N3O2/c1-20(5-6-20)19(26)23-10-14-7-12-8-15(21)17(9-16(12)24-14)27-11-13-3-2-4-18(22)25-13/h2-4,7-9,24H,5-6,10-11H2,1H3,(H,23,26). The van der Waals surface area contributed by atoms with Gasteiger partial charge < -0.3 is 15.0 Å². The van der Waals surface area contributed by atoms with Crippen molar-refractivity contribution in [1.82, 2.24) is 15.3 Å². The van der Waals surface area contributed by atoms with Crippen LogP contribution in [0.5, 0.6) is 5.75 Å². The Morgan fingerprint density at radius 1 is 1.30 bits per heavy atom. The van der Waals surface area contributed by atoms with Gasteiger partial charge in [-0.1, -0.05) is 13.0 Å². The first-order valence-corrected chi connectivity index (χ1v) is 8.77. The third-order valence-corrected chi connectivity index (χ3v) is 4.86. The molecule has 27 heavy (non-hydrogen) atoms. The Bertz CT molecular complexity index is 1010. The summed E-state index contributed by atoms with van der Waals surface area (Å²) >= 11 is 0. The Balaban J connectivity index is 1.46. The van der Waals surface area contributed by atoms with E-state index in [0.717, 1.165) is 18.5 Å². The largest absolute Gasteiger partial charge is 0.484 e. The van der Waals surface area contributed by atoms with E-state index in [1.54, 1.807) is 18.2 Å². The van der Waals surface area contributed by atoms with E-state index in [-0.39, 0.29) is 23.7 Å². The van der Waals surface area contributed by atoms with Crippen LogP contribution >= 0.6 is 0 Å². The van der Waals surface area contributed by atoms with Gasteiger partial charge in [-0.2, -0.15) is 4.39 Å². The number of aromatic nitrogens is 2. The topological polar surface area (TPSA) is 67.0 Å². The molecule has 1 fully saturated rings. The van der Waals surface area contributed by atoms with Crippen LogP contribution < -0.4 is 10.1 Å². The summed E-state index contributed by atoms with van der Waals surface area (Å²) in [5.74, 6) is -1.03. The van der Waals surface area contributed by atoms with Crippen LogP contribution in [0.3, 0.4) is 0 Å². The molecule has 1 aliphatic carbocycles. The van der Waals surface area contributed by atoms with E-state index in [1.165, 1.54) is 18.2 Å². The molecule has 2 heterocycles. The molecule has 1 aliphatic rings. The number of rotatable bonds is 6. The fraction of sp³-hybridized carbons (Fsp3) is 0.300. The van der Waals surface area contributed by atoms with E-state index in [2.05, 4.69) is 15.3 Å². The van der Waals surface area contributed by atoms with Crippen molar-refractivity contribution in [1.29, 1.82) is 0 Å². The molecule has 140 valence electrons. The van der Waals surface area contributed by atoms with Gasteiger partial charge in [0.15, 0.2) is 11.6 Å². The van der Waals surface area contributed by atoms with Gasteiger partial charge in [0.2, 0.25) is 11.9 Å². The summed E-state index contributed by atoms with van der Waals surface area (Å²) in [7, 11) is 0. The molecule has 0 atom stereocenters. The Hall–Kier alpha value is -2.96. The highest BCUT2D eigenvalue weighted by Gasteiger charge is 2.44. The van der Waals surface area contributed by atoms with Gasteiger partial charge in [-0.3, -0.25) is 4.79 Å². The van der Waals surface area contributed by atoms with Crippen molar-refractivity contribution in [3.8, 4) is 5.75 Å². The van der Waals surface area contributed by atoms with Crippen LogP contribution in [0.2, 0.25) is 0 Å². The average molecular weight is 371 g/mol. The number of amides is 1. The van der Waals surface area contributed by atoms with E-state index in [4.69, 9.17) is 4.74 Å². The zero-order valence-electron chi connectivity index (χ0n) is 14.8. The van der Waals surface area contributed by atoms with Crippen molar-refractivity contribution in [2.75, 3.05) is 0 Å². The summed E-state index contributed by atoms with van der Waals surface area (Å²) in [4.78, 5) is 18.9. The first-order valence-electron chi connectivity index (χ1n) is 8.77. The normalized spacial score (nSPS) is 14.9. The third-order valence-electron chi connectivity index (χ3n) is 4.86. The minimum atomic E-state index is -0.608. The molecule has 0 unspecified atom stereocenters. The zero-order chi connectivity index (χ0) is 19.0. The van der Waals surface area contributed by atoms with Crippen LogP contribution in [-0.2, 0) is 17.9 Å². The molecule has 1 saturated carbocycles. The quantitative estimate of drug-likeness (QED) is 0.647. The average Bonchev–Trinajstić information content (AvgIpc) is 3.27. The number of hydrogen-bond acceptors (Lipinski definition) is 3. The van der Waals surface area contributed by atoms with Crippen molar-refractivity contribution in [2.45, 2.75) is 32.9 Å². The Kier molecular flexibility index (Phi) is 4.30. The predicted octanol–water partition coefficient (Wildman–Crippen LogP) is 3.84. The number of fused-ring (bicyclic) bond motifs is 1. The number of carbonyl (C=O) groups is 1. The van der Waals surface area contributed by atoms with Crippen molar-refractivity contribution in [3.05, 3.63) is 59.6 Å². The molecule has 5 nitrogen and oxygen atoms in total. The third kappa shape index (κ3) is 3.77. The van der Waals surface area contributed by atoms with E-state index >= 15 is 0 Å². The maximum absolute atomic E-state index is 14.3. The molecule has 2 N–H and O–H groups in total. The number of aromatic amines is 1. The summed E-state index contributed by atoms with van der Waals surface area (Å²) in [5, 5.41) is 3.59. The highest BCUT2D eigenvalue weighted by molar-refractivity contribution is 5.85. The molecule has 0 spiro atoms. The second kappa shape index (κ2) is 6.64. The number of H-pyrrole nitrogens is 1. The lowest BCUT2D eigenvalue weighted by Crippen LogP contribution is -2.29. The fourth-order valence-electron chi connectivity index (χ4n) is 2.88. The number of halogens is 2. The number of nitrogens with zero attached hydrogens (tertiary/aromatic N) is 1. The minimum Gasteiger partial charge on any atom is -0.484 e. The molecule has 2 aromatic heterocycles. The molecule has 4 rings (SSSR count). The highest BCUT2D eigenvalue weighted by atomic mass is 19.1. The molecule has 3 aromatic rings. The number of carbonyl (C=O) groups excluding carboxylic acids is 1.